The van der Waals surface area contributed by atoms with Gasteiger partial charge in [0, 0.05) is 6.04 Å². The van der Waals surface area contributed by atoms with Crippen molar-refractivity contribution in [3.05, 3.63) is 168 Å². The summed E-state index contributed by atoms with van der Waals surface area (Å²) in [6.45, 7) is 8.69. The standard InChI is InChI=1S/C56H61ClO10/c1-3-5-7-9-11-13-15-17-19-39-62-46-29-21-42(22-30-46)53(58)64-48-33-25-44(26-34-48)55(60)66-50-37-38-51(57)52(41-50)67-56(61)45-27-35-49(36-28-45)65-54(59)43-23-31-47(32-24-43)63-40-20-18-16-14-12-10-8-6-4-2/h3-4,21-38,41H,1-2,5-20,39-40H2/i37D,38D,41D. The van der Waals surface area contributed by atoms with Crippen molar-refractivity contribution >= 4 is 35.5 Å². The number of halogens is 1. The van der Waals surface area contributed by atoms with Gasteiger partial charge in [0.05, 0.1) is 44.6 Å². The Labute approximate surface area is 404 Å². The van der Waals surface area contributed by atoms with E-state index in [0.29, 0.717) is 35.8 Å². The number of ether oxygens (including phenoxy) is 6. The third-order valence-corrected chi connectivity index (χ3v) is 10.8. The molecular weight excluding hydrogens is 868 g/mol. The first-order chi connectivity index (χ1) is 34.0. The highest BCUT2D eigenvalue weighted by Crippen LogP contribution is 2.31. The normalized spacial score (nSPS) is 11.3. The maximum atomic E-state index is 13.2. The molecule has 0 atom stereocenters. The number of esters is 4. The number of carbonyl (C=O) groups is 4. The summed E-state index contributed by atoms with van der Waals surface area (Å²) < 4.78 is 58.7. The van der Waals surface area contributed by atoms with Crippen molar-refractivity contribution in [2.24, 2.45) is 0 Å². The van der Waals surface area contributed by atoms with Crippen molar-refractivity contribution in [1.29, 1.82) is 0 Å². The molecule has 0 unspecified atom stereocenters. The Hall–Kier alpha value is -6.65. The first kappa shape index (κ1) is 46.9. The van der Waals surface area contributed by atoms with E-state index in [9.17, 15) is 19.2 Å². The van der Waals surface area contributed by atoms with Gasteiger partial charge in [0.15, 0.2) is 5.75 Å². The van der Waals surface area contributed by atoms with Crippen LogP contribution in [0.4, 0.5) is 0 Å². The van der Waals surface area contributed by atoms with Gasteiger partial charge < -0.3 is 28.4 Å². The summed E-state index contributed by atoms with van der Waals surface area (Å²) in [5.74, 6) is -2.96. The topological polar surface area (TPSA) is 124 Å². The van der Waals surface area contributed by atoms with Crippen LogP contribution in [0.3, 0.4) is 0 Å². The third-order valence-electron chi connectivity index (χ3n) is 10.5. The van der Waals surface area contributed by atoms with Crippen molar-refractivity contribution in [2.45, 2.75) is 103 Å². The quantitative estimate of drug-likeness (QED) is 0.0190. The molecule has 0 aliphatic heterocycles. The second kappa shape index (κ2) is 29.1. The molecule has 11 heteroatoms. The zero-order valence-corrected chi connectivity index (χ0v) is 38.8. The number of hydrogen-bond donors (Lipinski definition) is 0. The smallest absolute Gasteiger partial charge is 0.343 e. The molecule has 0 spiro atoms. The molecule has 5 aromatic rings. The Balaban J connectivity index is 1.07. The lowest BCUT2D eigenvalue weighted by atomic mass is 10.1. The first-order valence-corrected chi connectivity index (χ1v) is 23.4. The maximum Gasteiger partial charge on any atom is 0.343 e. The molecule has 0 aromatic heterocycles. The van der Waals surface area contributed by atoms with Gasteiger partial charge in [0.25, 0.3) is 0 Å². The summed E-state index contributed by atoms with van der Waals surface area (Å²) in [5, 5.41) is -0.522. The predicted octanol–water partition coefficient (Wildman–Crippen LogP) is 14.6. The van der Waals surface area contributed by atoms with Gasteiger partial charge in [-0.25, -0.2) is 19.2 Å². The number of hydrogen-bond acceptors (Lipinski definition) is 10. The van der Waals surface area contributed by atoms with Crippen molar-refractivity contribution in [3.63, 3.8) is 0 Å². The molecular formula is C56H61ClO10. The molecule has 0 heterocycles. The minimum Gasteiger partial charge on any atom is -0.494 e. The van der Waals surface area contributed by atoms with Crippen LogP contribution in [0.2, 0.25) is 5.02 Å². The van der Waals surface area contributed by atoms with Gasteiger partial charge in [-0.2, -0.15) is 0 Å². The van der Waals surface area contributed by atoms with Crippen molar-refractivity contribution < 1.29 is 51.7 Å². The summed E-state index contributed by atoms with van der Waals surface area (Å²) in [7, 11) is 0. The number of allylic oxidation sites excluding steroid dienone is 2. The molecule has 352 valence electrons. The minimum atomic E-state index is -1.01. The molecule has 0 radical (unpaired) electrons. The van der Waals surface area contributed by atoms with E-state index in [1.165, 1.54) is 113 Å². The Morgan fingerprint density at radius 2 is 0.731 bits per heavy atom. The Morgan fingerprint density at radius 1 is 0.418 bits per heavy atom. The summed E-state index contributed by atoms with van der Waals surface area (Å²) in [4.78, 5) is 52.1. The average molecular weight is 933 g/mol. The van der Waals surface area contributed by atoms with E-state index in [1.807, 2.05) is 12.2 Å². The molecule has 0 fully saturated rings. The molecule has 0 N–H and O–H groups in total. The SMILES string of the molecule is [2H]c1c([2H])c(OC(=O)c2ccc(OC(=O)c3ccc(OCCCCCCCCCC=C)cc3)cc2)c([2H])c(OC(=O)c2ccc(OC(=O)c3ccc(OCCCCCCCCCC=C)cc3)cc2)c1Cl. The van der Waals surface area contributed by atoms with Gasteiger partial charge >= 0.3 is 23.9 Å². The Morgan fingerprint density at radius 3 is 1.10 bits per heavy atom. The van der Waals surface area contributed by atoms with Gasteiger partial charge in [-0.15, -0.1) is 13.2 Å². The lowest BCUT2D eigenvalue weighted by Crippen LogP contribution is -2.11. The van der Waals surface area contributed by atoms with E-state index < -0.39 is 58.5 Å². The zero-order chi connectivity index (χ0) is 50.1. The summed E-state index contributed by atoms with van der Waals surface area (Å²) in [6.07, 6.45) is 22.3. The van der Waals surface area contributed by atoms with Crippen LogP contribution in [-0.2, 0) is 0 Å². The van der Waals surface area contributed by atoms with Crippen molar-refractivity contribution in [2.75, 3.05) is 13.2 Å². The fraction of sp³-hybridized carbons (Fsp3) is 0.321. The van der Waals surface area contributed by atoms with Crippen molar-refractivity contribution in [1.82, 2.24) is 0 Å². The minimum absolute atomic E-state index is 0.0233. The van der Waals surface area contributed by atoms with Crippen LogP contribution in [-0.4, -0.2) is 37.1 Å². The van der Waals surface area contributed by atoms with Gasteiger partial charge in [0.2, 0.25) is 0 Å². The van der Waals surface area contributed by atoms with Crippen LogP contribution in [0.1, 0.15) is 148 Å². The number of rotatable bonds is 30. The molecule has 0 bridgehead atoms. The summed E-state index contributed by atoms with van der Waals surface area (Å²) in [5.41, 5.74) is 0.533. The molecule has 10 nitrogen and oxygen atoms in total. The fourth-order valence-electron chi connectivity index (χ4n) is 6.74. The molecule has 0 aliphatic rings. The van der Waals surface area contributed by atoms with E-state index in [4.69, 9.17) is 44.1 Å². The number of carbonyl (C=O) groups excluding carboxylic acids is 4. The number of unbranched alkanes of at least 4 members (excludes halogenated alkanes) is 14. The average Bonchev–Trinajstić information content (AvgIpc) is 3.37. The second-order valence-corrected chi connectivity index (χ2v) is 16.2. The molecule has 0 saturated heterocycles. The van der Waals surface area contributed by atoms with Gasteiger partial charge in [-0.05, 0) is 148 Å². The molecule has 0 amide bonds. The molecule has 67 heavy (non-hydrogen) atoms. The highest BCUT2D eigenvalue weighted by Gasteiger charge is 2.17. The third kappa shape index (κ3) is 18.6. The first-order valence-electron chi connectivity index (χ1n) is 24.5. The van der Waals surface area contributed by atoms with Gasteiger partial charge in [0.1, 0.15) is 28.7 Å². The van der Waals surface area contributed by atoms with E-state index in [1.54, 1.807) is 48.5 Å². The van der Waals surface area contributed by atoms with Gasteiger partial charge in [-0.1, -0.05) is 88.0 Å². The lowest BCUT2D eigenvalue weighted by Gasteiger charge is -2.10. The van der Waals surface area contributed by atoms with Crippen LogP contribution >= 0.6 is 11.6 Å². The Bertz CT molecular complexity index is 2320. The predicted molar refractivity (Wildman–Crippen MR) is 262 cm³/mol. The van der Waals surface area contributed by atoms with Crippen LogP contribution in [0.15, 0.2) is 140 Å². The second-order valence-electron chi connectivity index (χ2n) is 15.8. The number of benzene rings is 5. The largest absolute Gasteiger partial charge is 0.494 e. The molecule has 0 saturated carbocycles. The zero-order valence-electron chi connectivity index (χ0n) is 41.0. The maximum absolute atomic E-state index is 13.2. The summed E-state index contributed by atoms with van der Waals surface area (Å²) >= 11 is 6.28. The van der Waals surface area contributed by atoms with Crippen LogP contribution in [0.5, 0.6) is 34.5 Å². The highest BCUT2D eigenvalue weighted by molar-refractivity contribution is 6.32. The van der Waals surface area contributed by atoms with Crippen LogP contribution in [0.25, 0.3) is 0 Å². The summed E-state index contributed by atoms with van der Waals surface area (Å²) in [6, 6.07) is 22.0. The highest BCUT2D eigenvalue weighted by atomic mass is 35.5. The molecule has 0 aliphatic carbocycles. The lowest BCUT2D eigenvalue weighted by molar-refractivity contribution is 0.0723. The van der Waals surface area contributed by atoms with Crippen LogP contribution < -0.4 is 28.4 Å². The van der Waals surface area contributed by atoms with E-state index in [2.05, 4.69) is 13.2 Å². The molecule has 5 rings (SSSR count). The molecule has 5 aromatic carbocycles. The van der Waals surface area contributed by atoms with Gasteiger partial charge in [-0.3, -0.25) is 0 Å². The fourth-order valence-corrected chi connectivity index (χ4v) is 6.87. The van der Waals surface area contributed by atoms with E-state index in [-0.39, 0.29) is 22.6 Å². The Kier molecular flexibility index (Phi) is 20.3. The van der Waals surface area contributed by atoms with Crippen LogP contribution in [0, 0.1) is 0 Å². The monoisotopic (exact) mass is 931 g/mol. The van der Waals surface area contributed by atoms with Crippen molar-refractivity contribution in [3.8, 4) is 34.5 Å². The van der Waals surface area contributed by atoms with E-state index >= 15 is 0 Å². The van der Waals surface area contributed by atoms with E-state index in [0.717, 1.165) is 38.5 Å².